The molecule has 0 saturated carbocycles. The third-order valence-corrected chi connectivity index (χ3v) is 4.98. The lowest BCUT2D eigenvalue weighted by molar-refractivity contribution is -0.124. The van der Waals surface area contributed by atoms with Gasteiger partial charge in [0.25, 0.3) is 0 Å². The summed E-state index contributed by atoms with van der Waals surface area (Å²) in [6.07, 6.45) is 0. The minimum atomic E-state index is -0.506. The van der Waals surface area contributed by atoms with Crippen molar-refractivity contribution >= 4 is 28.5 Å². The molecule has 0 spiro atoms. The molecule has 5 heteroatoms. The van der Waals surface area contributed by atoms with Gasteiger partial charge in [0.1, 0.15) is 0 Å². The van der Waals surface area contributed by atoms with E-state index < -0.39 is 5.41 Å². The second-order valence-corrected chi connectivity index (χ2v) is 6.83. The van der Waals surface area contributed by atoms with E-state index >= 15 is 0 Å². The van der Waals surface area contributed by atoms with Gasteiger partial charge in [-0.2, -0.15) is 0 Å². The molecule has 1 amide bonds. The number of carbonyl (C=O) groups excluding carboxylic acids is 1. The van der Waals surface area contributed by atoms with Gasteiger partial charge in [0, 0.05) is 24.5 Å². The van der Waals surface area contributed by atoms with Crippen LogP contribution in [-0.4, -0.2) is 40.9 Å². The molecule has 1 aromatic carbocycles. The summed E-state index contributed by atoms with van der Waals surface area (Å²) in [5, 5.41) is 4.10. The molecular formula is C15H19N3OS. The van der Waals surface area contributed by atoms with E-state index in [2.05, 4.69) is 10.2 Å². The number of fused-ring (bicyclic) bond motifs is 1. The van der Waals surface area contributed by atoms with E-state index in [-0.39, 0.29) is 11.9 Å². The standard InChI is InChI=1S/C15H19N3OS/c1-15(2,12-10-18-8-9-20-14(18)17-12)13(19)16-11-6-4-3-5-7-11/h3-7,12H,8-10H2,1-2H3,(H,16,19). The van der Waals surface area contributed by atoms with Crippen molar-refractivity contribution in [1.82, 2.24) is 4.90 Å². The van der Waals surface area contributed by atoms with Crippen molar-refractivity contribution in [1.29, 1.82) is 0 Å². The second kappa shape index (κ2) is 5.13. The zero-order valence-corrected chi connectivity index (χ0v) is 12.6. The van der Waals surface area contributed by atoms with Gasteiger partial charge in [-0.1, -0.05) is 30.0 Å². The minimum absolute atomic E-state index is 0.0317. The summed E-state index contributed by atoms with van der Waals surface area (Å²) in [6.45, 7) is 5.87. The van der Waals surface area contributed by atoms with Crippen LogP contribution in [0.1, 0.15) is 13.8 Å². The zero-order chi connectivity index (χ0) is 14.2. The Bertz CT molecular complexity index is 541. The number of nitrogens with zero attached hydrogens (tertiary/aromatic N) is 2. The lowest BCUT2D eigenvalue weighted by Crippen LogP contribution is -2.42. The van der Waals surface area contributed by atoms with E-state index in [0.717, 1.165) is 29.7 Å². The topological polar surface area (TPSA) is 44.7 Å². The maximum atomic E-state index is 12.5. The second-order valence-electron chi connectivity index (χ2n) is 5.76. The van der Waals surface area contributed by atoms with E-state index in [4.69, 9.17) is 4.99 Å². The van der Waals surface area contributed by atoms with Crippen LogP contribution in [0.4, 0.5) is 5.69 Å². The summed E-state index contributed by atoms with van der Waals surface area (Å²) in [5.74, 6) is 1.14. The molecule has 3 rings (SSSR count). The molecule has 0 aliphatic carbocycles. The summed E-state index contributed by atoms with van der Waals surface area (Å²) < 4.78 is 0. The Morgan fingerprint density at radius 1 is 1.40 bits per heavy atom. The highest BCUT2D eigenvalue weighted by molar-refractivity contribution is 8.14. The Kier molecular flexibility index (Phi) is 3.46. The third-order valence-electron chi connectivity index (χ3n) is 3.97. The van der Waals surface area contributed by atoms with Crippen LogP contribution in [0.2, 0.25) is 0 Å². The van der Waals surface area contributed by atoms with Gasteiger partial charge in [-0.05, 0) is 26.0 Å². The highest BCUT2D eigenvalue weighted by Crippen LogP contribution is 2.34. The highest BCUT2D eigenvalue weighted by Gasteiger charge is 2.42. The van der Waals surface area contributed by atoms with Gasteiger partial charge in [-0.15, -0.1) is 0 Å². The summed E-state index contributed by atoms with van der Waals surface area (Å²) in [6, 6.07) is 9.63. The first-order valence-corrected chi connectivity index (χ1v) is 7.88. The monoisotopic (exact) mass is 289 g/mol. The van der Waals surface area contributed by atoms with Gasteiger partial charge in [-0.3, -0.25) is 9.79 Å². The number of thioether (sulfide) groups is 1. The van der Waals surface area contributed by atoms with Crippen molar-refractivity contribution in [2.45, 2.75) is 19.9 Å². The molecule has 4 nitrogen and oxygen atoms in total. The fraction of sp³-hybridized carbons (Fsp3) is 0.467. The molecule has 0 aromatic heterocycles. The number of amides is 1. The van der Waals surface area contributed by atoms with Crippen LogP contribution in [0.25, 0.3) is 0 Å². The molecule has 2 aliphatic heterocycles. The van der Waals surface area contributed by atoms with Gasteiger partial charge in [0.2, 0.25) is 5.91 Å². The number of benzene rings is 1. The zero-order valence-electron chi connectivity index (χ0n) is 11.8. The number of anilines is 1. The SMILES string of the molecule is CC(C)(C(=O)Nc1ccccc1)C1CN2CCSC2=N1. The molecule has 1 atom stereocenters. The number of hydrogen-bond acceptors (Lipinski definition) is 4. The van der Waals surface area contributed by atoms with Crippen LogP contribution in [0.3, 0.4) is 0 Å². The molecule has 0 bridgehead atoms. The average Bonchev–Trinajstić information content (AvgIpc) is 3.00. The molecule has 1 fully saturated rings. The number of carbonyl (C=O) groups is 1. The van der Waals surface area contributed by atoms with Gasteiger partial charge in [0.15, 0.2) is 5.17 Å². The molecule has 20 heavy (non-hydrogen) atoms. The first-order valence-electron chi connectivity index (χ1n) is 6.89. The molecule has 1 saturated heterocycles. The van der Waals surface area contributed by atoms with Gasteiger partial charge >= 0.3 is 0 Å². The first kappa shape index (κ1) is 13.5. The van der Waals surface area contributed by atoms with E-state index in [1.165, 1.54) is 0 Å². The predicted molar refractivity (Wildman–Crippen MR) is 84.1 cm³/mol. The van der Waals surface area contributed by atoms with E-state index in [9.17, 15) is 4.79 Å². The Hall–Kier alpha value is -1.49. The maximum absolute atomic E-state index is 12.5. The highest BCUT2D eigenvalue weighted by atomic mass is 32.2. The van der Waals surface area contributed by atoms with Crippen molar-refractivity contribution in [2.75, 3.05) is 24.2 Å². The Balaban J connectivity index is 1.72. The average molecular weight is 289 g/mol. The third kappa shape index (κ3) is 2.42. The lowest BCUT2D eigenvalue weighted by atomic mass is 9.83. The van der Waals surface area contributed by atoms with Crippen LogP contribution in [-0.2, 0) is 4.79 Å². The summed E-state index contributed by atoms with van der Waals surface area (Å²) in [7, 11) is 0. The number of amidine groups is 1. The molecule has 0 radical (unpaired) electrons. The first-order chi connectivity index (χ1) is 9.57. The summed E-state index contributed by atoms with van der Waals surface area (Å²) in [5.41, 5.74) is 0.333. The van der Waals surface area contributed by atoms with Crippen molar-refractivity contribution in [2.24, 2.45) is 10.4 Å². The molecule has 1 aromatic rings. The van der Waals surface area contributed by atoms with E-state index in [1.807, 2.05) is 44.2 Å². The molecule has 2 aliphatic rings. The van der Waals surface area contributed by atoms with Gasteiger partial charge in [0.05, 0.1) is 11.5 Å². The smallest absolute Gasteiger partial charge is 0.232 e. The van der Waals surface area contributed by atoms with Crippen molar-refractivity contribution in [3.05, 3.63) is 30.3 Å². The van der Waals surface area contributed by atoms with Crippen molar-refractivity contribution < 1.29 is 4.79 Å². The number of para-hydroxylation sites is 1. The van der Waals surface area contributed by atoms with Crippen LogP contribution in [0.5, 0.6) is 0 Å². The van der Waals surface area contributed by atoms with Crippen molar-refractivity contribution in [3.8, 4) is 0 Å². The molecule has 1 unspecified atom stereocenters. The van der Waals surface area contributed by atoms with Crippen LogP contribution in [0.15, 0.2) is 35.3 Å². The van der Waals surface area contributed by atoms with Gasteiger partial charge in [-0.25, -0.2) is 0 Å². The summed E-state index contributed by atoms with van der Waals surface area (Å²) in [4.78, 5) is 19.5. The molecule has 2 heterocycles. The van der Waals surface area contributed by atoms with Crippen LogP contribution >= 0.6 is 11.8 Å². The Morgan fingerprint density at radius 2 is 2.15 bits per heavy atom. The molecule has 106 valence electrons. The lowest BCUT2D eigenvalue weighted by Gasteiger charge is -2.28. The maximum Gasteiger partial charge on any atom is 0.232 e. The molecular weight excluding hydrogens is 270 g/mol. The van der Waals surface area contributed by atoms with Crippen molar-refractivity contribution in [3.63, 3.8) is 0 Å². The van der Waals surface area contributed by atoms with Gasteiger partial charge < -0.3 is 10.2 Å². The number of nitrogens with one attached hydrogen (secondary N) is 1. The predicted octanol–water partition coefficient (Wildman–Crippen LogP) is 2.44. The quantitative estimate of drug-likeness (QED) is 0.929. The molecule has 1 N–H and O–H groups in total. The number of rotatable bonds is 3. The largest absolute Gasteiger partial charge is 0.348 e. The number of hydrogen-bond donors (Lipinski definition) is 1. The van der Waals surface area contributed by atoms with Crippen LogP contribution < -0.4 is 5.32 Å². The normalized spacial score (nSPS) is 21.6. The summed E-state index contributed by atoms with van der Waals surface area (Å²) >= 11 is 1.79. The minimum Gasteiger partial charge on any atom is -0.348 e. The van der Waals surface area contributed by atoms with Crippen LogP contribution in [0, 0.1) is 5.41 Å². The van der Waals surface area contributed by atoms with E-state index in [0.29, 0.717) is 0 Å². The fourth-order valence-corrected chi connectivity index (χ4v) is 3.50. The Labute approximate surface area is 123 Å². The number of aliphatic imine (C=N–C) groups is 1. The Morgan fingerprint density at radius 3 is 2.85 bits per heavy atom. The fourth-order valence-electron chi connectivity index (χ4n) is 2.46. The van der Waals surface area contributed by atoms with E-state index in [1.54, 1.807) is 11.8 Å².